The molecule has 0 aliphatic rings. The molecular weight excluding hydrogens is 593 g/mol. The Morgan fingerprint density at radius 3 is 0.939 bits per heavy atom. The van der Waals surface area contributed by atoms with Gasteiger partial charge in [0.15, 0.2) is 0 Å². The Balaban J connectivity index is 1.24. The van der Waals surface area contributed by atoms with E-state index >= 15 is 0 Å². The lowest BCUT2D eigenvalue weighted by Gasteiger charge is -2.28. The maximum absolute atomic E-state index is 2.36. The molecule has 0 saturated carbocycles. The largest absolute Gasteiger partial charge is 0.310 e. The number of hydrogen-bond donors (Lipinski definition) is 0. The molecule has 0 N–H and O–H groups in total. The summed E-state index contributed by atoms with van der Waals surface area (Å²) >= 11 is 0. The first-order chi connectivity index (χ1) is 23.8. The van der Waals surface area contributed by atoms with Gasteiger partial charge in [0, 0.05) is 34.1 Å². The molecule has 0 aliphatic heterocycles. The second-order valence-corrected chi connectivity index (χ2v) is 13.1. The minimum atomic E-state index is 1.13. The molecule has 0 amide bonds. The fourth-order valence-corrected chi connectivity index (χ4v) is 6.54. The summed E-state index contributed by atoms with van der Waals surface area (Å²) in [4.78, 5) is 4.72. The SMILES string of the molecule is Cc1ccc(N(c2ccc(C)cc2)c2ccc(-c3ccc(N(c4ccc(C)cc4)c4ccc(-c5ccccc5)cc4)c(C)c3)cc2C)cc1. The Morgan fingerprint density at radius 1 is 0.286 bits per heavy atom. The Hall–Kier alpha value is -5.86. The van der Waals surface area contributed by atoms with Gasteiger partial charge < -0.3 is 9.80 Å². The molecular formula is C47H42N2. The van der Waals surface area contributed by atoms with Crippen LogP contribution in [0.3, 0.4) is 0 Å². The summed E-state index contributed by atoms with van der Waals surface area (Å²) in [6, 6.07) is 59.5. The van der Waals surface area contributed by atoms with Gasteiger partial charge in [-0.3, -0.25) is 0 Å². The van der Waals surface area contributed by atoms with E-state index in [0.29, 0.717) is 0 Å². The molecule has 0 atom stereocenters. The zero-order chi connectivity index (χ0) is 33.9. The Kier molecular flexibility index (Phi) is 8.87. The Labute approximate surface area is 291 Å². The fraction of sp³-hybridized carbons (Fsp3) is 0.106. The van der Waals surface area contributed by atoms with Crippen LogP contribution in [0.1, 0.15) is 27.8 Å². The number of hydrogen-bond acceptors (Lipinski definition) is 2. The minimum absolute atomic E-state index is 1.13. The predicted molar refractivity (Wildman–Crippen MR) is 210 cm³/mol. The molecule has 7 rings (SSSR count). The van der Waals surface area contributed by atoms with E-state index in [1.165, 1.54) is 61.4 Å². The number of nitrogens with zero attached hydrogens (tertiary/aromatic N) is 2. The smallest absolute Gasteiger partial charge is 0.0491 e. The molecule has 2 nitrogen and oxygen atoms in total. The molecule has 0 saturated heterocycles. The van der Waals surface area contributed by atoms with E-state index < -0.39 is 0 Å². The lowest BCUT2D eigenvalue weighted by Crippen LogP contribution is -2.12. The molecule has 0 bridgehead atoms. The van der Waals surface area contributed by atoms with Crippen molar-refractivity contribution in [1.82, 2.24) is 0 Å². The third-order valence-corrected chi connectivity index (χ3v) is 9.32. The maximum Gasteiger partial charge on any atom is 0.0491 e. The van der Waals surface area contributed by atoms with E-state index in [4.69, 9.17) is 0 Å². The number of aryl methyl sites for hydroxylation is 5. The number of benzene rings is 7. The van der Waals surface area contributed by atoms with Crippen LogP contribution in [0.5, 0.6) is 0 Å². The molecule has 240 valence electrons. The van der Waals surface area contributed by atoms with Crippen LogP contribution in [0.15, 0.2) is 164 Å². The summed E-state index contributed by atoms with van der Waals surface area (Å²) in [6.07, 6.45) is 0. The zero-order valence-electron chi connectivity index (χ0n) is 29.0. The lowest BCUT2D eigenvalue weighted by molar-refractivity contribution is 1.24. The summed E-state index contributed by atoms with van der Waals surface area (Å²) < 4.78 is 0. The Bertz CT molecular complexity index is 2130. The van der Waals surface area contributed by atoms with Gasteiger partial charge in [-0.15, -0.1) is 0 Å². The van der Waals surface area contributed by atoms with E-state index in [9.17, 15) is 0 Å². The third-order valence-electron chi connectivity index (χ3n) is 9.32. The highest BCUT2D eigenvalue weighted by molar-refractivity contribution is 5.84. The van der Waals surface area contributed by atoms with Crippen molar-refractivity contribution in [2.75, 3.05) is 9.80 Å². The molecule has 0 aliphatic carbocycles. The summed E-state index contributed by atoms with van der Waals surface area (Å²) in [5.74, 6) is 0. The zero-order valence-corrected chi connectivity index (χ0v) is 29.0. The third kappa shape index (κ3) is 6.77. The van der Waals surface area contributed by atoms with Crippen molar-refractivity contribution in [2.24, 2.45) is 0 Å². The maximum atomic E-state index is 2.36. The highest BCUT2D eigenvalue weighted by atomic mass is 15.1. The van der Waals surface area contributed by atoms with Gasteiger partial charge in [-0.05, 0) is 141 Å². The van der Waals surface area contributed by atoms with Gasteiger partial charge in [-0.2, -0.15) is 0 Å². The summed E-state index contributed by atoms with van der Waals surface area (Å²) in [5, 5.41) is 0. The predicted octanol–water partition coefficient (Wildman–Crippen LogP) is 13.5. The average molecular weight is 635 g/mol. The van der Waals surface area contributed by atoms with E-state index in [0.717, 1.165) is 22.7 Å². The van der Waals surface area contributed by atoms with Gasteiger partial charge >= 0.3 is 0 Å². The van der Waals surface area contributed by atoms with Crippen molar-refractivity contribution < 1.29 is 0 Å². The van der Waals surface area contributed by atoms with Crippen LogP contribution in [-0.2, 0) is 0 Å². The minimum Gasteiger partial charge on any atom is -0.310 e. The van der Waals surface area contributed by atoms with Gasteiger partial charge in [-0.25, -0.2) is 0 Å². The van der Waals surface area contributed by atoms with Gasteiger partial charge in [0.1, 0.15) is 0 Å². The standard InChI is InChI=1S/C47H42N2/c1-33-11-21-42(22-12-33)48(43-23-13-34(2)14-24-43)46-29-19-40(31-36(46)4)41-20-30-47(37(5)32-41)49(44-25-15-35(3)16-26-44)45-27-17-39(18-28-45)38-9-7-6-8-10-38/h6-32H,1-5H3. The van der Waals surface area contributed by atoms with Gasteiger partial charge in [0.05, 0.1) is 0 Å². The van der Waals surface area contributed by atoms with Gasteiger partial charge in [-0.1, -0.05) is 108 Å². The van der Waals surface area contributed by atoms with Crippen molar-refractivity contribution in [2.45, 2.75) is 34.6 Å². The molecule has 2 heteroatoms. The first-order valence-corrected chi connectivity index (χ1v) is 17.0. The summed E-state index contributed by atoms with van der Waals surface area (Å²) in [6.45, 7) is 10.8. The van der Waals surface area contributed by atoms with Crippen molar-refractivity contribution in [3.8, 4) is 22.3 Å². The molecule has 0 aromatic heterocycles. The van der Waals surface area contributed by atoms with Crippen LogP contribution >= 0.6 is 0 Å². The van der Waals surface area contributed by atoms with Crippen LogP contribution < -0.4 is 9.80 Å². The molecule has 0 spiro atoms. The quantitative estimate of drug-likeness (QED) is 0.164. The molecule has 7 aromatic carbocycles. The van der Waals surface area contributed by atoms with Crippen molar-refractivity contribution in [3.05, 3.63) is 192 Å². The summed E-state index contributed by atoms with van der Waals surface area (Å²) in [5.41, 5.74) is 17.9. The van der Waals surface area contributed by atoms with Crippen LogP contribution in [0.25, 0.3) is 22.3 Å². The topological polar surface area (TPSA) is 6.48 Å². The van der Waals surface area contributed by atoms with Crippen molar-refractivity contribution in [1.29, 1.82) is 0 Å². The Morgan fingerprint density at radius 2 is 0.592 bits per heavy atom. The summed E-state index contributed by atoms with van der Waals surface area (Å²) in [7, 11) is 0. The molecule has 49 heavy (non-hydrogen) atoms. The van der Waals surface area contributed by atoms with Gasteiger partial charge in [0.2, 0.25) is 0 Å². The second kappa shape index (κ2) is 13.7. The first-order valence-electron chi connectivity index (χ1n) is 17.0. The van der Waals surface area contributed by atoms with Gasteiger partial charge in [0.25, 0.3) is 0 Å². The van der Waals surface area contributed by atoms with Crippen molar-refractivity contribution >= 4 is 34.1 Å². The van der Waals surface area contributed by atoms with Crippen LogP contribution in [0, 0.1) is 34.6 Å². The monoisotopic (exact) mass is 634 g/mol. The molecule has 0 radical (unpaired) electrons. The normalized spacial score (nSPS) is 11.0. The molecule has 0 heterocycles. The highest BCUT2D eigenvalue weighted by Gasteiger charge is 2.18. The molecule has 0 fully saturated rings. The van der Waals surface area contributed by atoms with E-state index in [1.807, 2.05) is 0 Å². The first kappa shape index (κ1) is 31.7. The lowest BCUT2D eigenvalue weighted by atomic mass is 9.98. The van der Waals surface area contributed by atoms with Crippen molar-refractivity contribution in [3.63, 3.8) is 0 Å². The van der Waals surface area contributed by atoms with Crippen LogP contribution in [-0.4, -0.2) is 0 Å². The average Bonchev–Trinajstić information content (AvgIpc) is 3.13. The number of anilines is 6. The van der Waals surface area contributed by atoms with E-state index in [1.54, 1.807) is 0 Å². The fourth-order valence-electron chi connectivity index (χ4n) is 6.54. The number of rotatable bonds is 8. The van der Waals surface area contributed by atoms with E-state index in [-0.39, 0.29) is 0 Å². The van der Waals surface area contributed by atoms with E-state index in [2.05, 4.69) is 208 Å². The highest BCUT2D eigenvalue weighted by Crippen LogP contribution is 2.41. The van der Waals surface area contributed by atoms with Crippen LogP contribution in [0.2, 0.25) is 0 Å². The molecule has 7 aromatic rings. The van der Waals surface area contributed by atoms with Crippen LogP contribution in [0.4, 0.5) is 34.1 Å². The molecule has 0 unspecified atom stereocenters. The second-order valence-electron chi connectivity index (χ2n) is 13.1.